The average molecular weight is 261 g/mol. The Hall–Kier alpha value is -2.01. The van der Waals surface area contributed by atoms with Gasteiger partial charge in [0.25, 0.3) is 0 Å². The molecule has 0 aliphatic carbocycles. The molecule has 0 unspecified atom stereocenters. The number of hydrogen-bond acceptors (Lipinski definition) is 2. The summed E-state index contributed by atoms with van der Waals surface area (Å²) in [5.41, 5.74) is 1.61. The number of hydrogen-bond donors (Lipinski definition) is 1. The third-order valence-electron chi connectivity index (χ3n) is 3.10. The summed E-state index contributed by atoms with van der Waals surface area (Å²) in [5, 5.41) is 3.26. The number of fused-ring (bicyclic) bond motifs is 1. The molecule has 2 aromatic rings. The second kappa shape index (κ2) is 4.93. The molecule has 0 saturated heterocycles. The maximum Gasteiger partial charge on any atom is 0.132 e. The molecule has 3 rings (SSSR count). The van der Waals surface area contributed by atoms with E-state index in [-0.39, 0.29) is 0 Å². The molecule has 0 fully saturated rings. The summed E-state index contributed by atoms with van der Waals surface area (Å²) in [6.45, 7) is 2.56. The Morgan fingerprint density at radius 1 is 1.16 bits per heavy atom. The minimum absolute atomic E-state index is 0.490. The van der Waals surface area contributed by atoms with E-state index in [0.29, 0.717) is 5.56 Å². The van der Waals surface area contributed by atoms with Gasteiger partial charge in [-0.05, 0) is 23.8 Å². The molecule has 1 aliphatic heterocycles. The van der Waals surface area contributed by atoms with Gasteiger partial charge in [-0.2, -0.15) is 0 Å². The monoisotopic (exact) mass is 261 g/mol. The number of aromatic nitrogens is 2. The van der Waals surface area contributed by atoms with Gasteiger partial charge in [0.15, 0.2) is 0 Å². The van der Waals surface area contributed by atoms with Gasteiger partial charge in [0.1, 0.15) is 17.5 Å². The number of nitrogens with one attached hydrogen (secondary N) is 1. The van der Waals surface area contributed by atoms with E-state index in [9.17, 15) is 8.78 Å². The molecule has 0 atom stereocenters. The first-order valence-electron chi connectivity index (χ1n) is 6.12. The van der Waals surface area contributed by atoms with E-state index in [4.69, 9.17) is 0 Å². The molecule has 1 aromatic carbocycles. The zero-order valence-electron chi connectivity index (χ0n) is 10.2. The van der Waals surface area contributed by atoms with Gasteiger partial charge in [0, 0.05) is 25.7 Å². The summed E-state index contributed by atoms with van der Waals surface area (Å²) in [6.07, 6.45) is 5.27. The number of nitrogens with zero attached hydrogens (tertiary/aromatic N) is 2. The van der Waals surface area contributed by atoms with Crippen LogP contribution in [-0.2, 0) is 13.1 Å². The quantitative estimate of drug-likeness (QED) is 0.899. The fraction of sp³-hybridized carbons (Fsp3) is 0.214. The minimum Gasteiger partial charge on any atom is -0.326 e. The van der Waals surface area contributed by atoms with Crippen LogP contribution in [0.15, 0.2) is 24.4 Å². The third-order valence-corrected chi connectivity index (χ3v) is 3.10. The molecule has 0 saturated carbocycles. The first kappa shape index (κ1) is 12.0. The lowest BCUT2D eigenvalue weighted by Gasteiger charge is -2.16. The highest BCUT2D eigenvalue weighted by atomic mass is 19.1. The molecule has 1 aromatic heterocycles. The van der Waals surface area contributed by atoms with Crippen LogP contribution in [0.4, 0.5) is 8.78 Å². The summed E-state index contributed by atoms with van der Waals surface area (Å²) in [7, 11) is 0. The van der Waals surface area contributed by atoms with Gasteiger partial charge in [0.05, 0.1) is 11.9 Å². The number of imidazole rings is 1. The van der Waals surface area contributed by atoms with Crippen LogP contribution >= 0.6 is 0 Å². The van der Waals surface area contributed by atoms with E-state index >= 15 is 0 Å². The Morgan fingerprint density at radius 2 is 1.95 bits per heavy atom. The van der Waals surface area contributed by atoms with Gasteiger partial charge in [-0.1, -0.05) is 6.08 Å². The molecule has 0 spiro atoms. The lowest BCUT2D eigenvalue weighted by Crippen LogP contribution is -2.28. The molecular weight excluding hydrogens is 248 g/mol. The standard InChI is InChI=1S/C14H13F2N3/c15-11-5-10(6-12(16)7-11)1-2-14-18-9-13-8-17-3-4-19(13)14/h1-2,5-7,9,17H,3-4,8H2. The Labute approximate surface area is 109 Å². The van der Waals surface area contributed by atoms with Gasteiger partial charge in [-0.15, -0.1) is 0 Å². The Balaban J connectivity index is 1.88. The van der Waals surface area contributed by atoms with Crippen LogP contribution < -0.4 is 5.32 Å². The number of rotatable bonds is 2. The summed E-state index contributed by atoms with van der Waals surface area (Å²) in [6, 6.07) is 3.45. The fourth-order valence-corrected chi connectivity index (χ4v) is 2.21. The number of halogens is 2. The molecule has 98 valence electrons. The van der Waals surface area contributed by atoms with Crippen LogP contribution in [-0.4, -0.2) is 16.1 Å². The topological polar surface area (TPSA) is 29.9 Å². The molecule has 19 heavy (non-hydrogen) atoms. The van der Waals surface area contributed by atoms with Crippen molar-refractivity contribution in [1.29, 1.82) is 0 Å². The maximum atomic E-state index is 13.1. The highest BCUT2D eigenvalue weighted by molar-refractivity contribution is 5.67. The van der Waals surface area contributed by atoms with Crippen molar-refractivity contribution in [3.63, 3.8) is 0 Å². The normalized spacial score (nSPS) is 14.8. The van der Waals surface area contributed by atoms with Crippen molar-refractivity contribution >= 4 is 12.2 Å². The van der Waals surface area contributed by atoms with E-state index in [2.05, 4.69) is 14.9 Å². The number of benzene rings is 1. The first-order chi connectivity index (χ1) is 9.22. The van der Waals surface area contributed by atoms with Crippen molar-refractivity contribution in [3.05, 3.63) is 53.1 Å². The molecule has 3 nitrogen and oxygen atoms in total. The van der Waals surface area contributed by atoms with Crippen molar-refractivity contribution in [1.82, 2.24) is 14.9 Å². The van der Waals surface area contributed by atoms with Crippen LogP contribution in [0.3, 0.4) is 0 Å². The predicted octanol–water partition coefficient (Wildman–Crippen LogP) is 2.43. The largest absolute Gasteiger partial charge is 0.326 e. The second-order valence-electron chi connectivity index (χ2n) is 4.47. The van der Waals surface area contributed by atoms with E-state index < -0.39 is 11.6 Å². The van der Waals surface area contributed by atoms with E-state index in [0.717, 1.165) is 37.2 Å². The van der Waals surface area contributed by atoms with Crippen LogP contribution in [0.2, 0.25) is 0 Å². The lowest BCUT2D eigenvalue weighted by molar-refractivity contribution is 0.513. The smallest absolute Gasteiger partial charge is 0.132 e. The molecule has 0 amide bonds. The van der Waals surface area contributed by atoms with Crippen molar-refractivity contribution < 1.29 is 8.78 Å². The second-order valence-corrected chi connectivity index (χ2v) is 4.47. The molecule has 5 heteroatoms. The zero-order chi connectivity index (χ0) is 13.2. The lowest BCUT2D eigenvalue weighted by atomic mass is 10.2. The van der Waals surface area contributed by atoms with Crippen LogP contribution in [0.25, 0.3) is 12.2 Å². The predicted molar refractivity (Wildman–Crippen MR) is 69.2 cm³/mol. The SMILES string of the molecule is Fc1cc(F)cc(C=Cc2ncc3n2CCNC3)c1. The Morgan fingerprint density at radius 3 is 2.74 bits per heavy atom. The van der Waals surface area contributed by atoms with Crippen LogP contribution in [0.1, 0.15) is 17.1 Å². The Bertz CT molecular complexity index is 611. The highest BCUT2D eigenvalue weighted by Crippen LogP contribution is 2.14. The summed E-state index contributed by atoms with van der Waals surface area (Å²) < 4.78 is 28.2. The molecule has 1 N–H and O–H groups in total. The third kappa shape index (κ3) is 2.56. The van der Waals surface area contributed by atoms with Crippen LogP contribution in [0.5, 0.6) is 0 Å². The van der Waals surface area contributed by atoms with Crippen molar-refractivity contribution in [2.24, 2.45) is 0 Å². The average Bonchev–Trinajstić information content (AvgIpc) is 2.78. The van der Waals surface area contributed by atoms with Gasteiger partial charge in [0.2, 0.25) is 0 Å². The van der Waals surface area contributed by atoms with Crippen molar-refractivity contribution in [3.8, 4) is 0 Å². The highest BCUT2D eigenvalue weighted by Gasteiger charge is 2.11. The molecule has 1 aliphatic rings. The first-order valence-corrected chi connectivity index (χ1v) is 6.12. The van der Waals surface area contributed by atoms with Crippen molar-refractivity contribution in [2.75, 3.05) is 6.54 Å². The maximum absolute atomic E-state index is 13.1. The van der Waals surface area contributed by atoms with Gasteiger partial charge < -0.3 is 9.88 Å². The summed E-state index contributed by atoms with van der Waals surface area (Å²) in [5.74, 6) is -0.343. The fourth-order valence-electron chi connectivity index (χ4n) is 2.21. The van der Waals surface area contributed by atoms with Crippen LogP contribution in [0, 0.1) is 11.6 Å². The van der Waals surface area contributed by atoms with E-state index in [1.54, 1.807) is 12.2 Å². The molecule has 2 heterocycles. The molecule has 0 bridgehead atoms. The van der Waals surface area contributed by atoms with E-state index in [1.807, 2.05) is 6.20 Å². The van der Waals surface area contributed by atoms with E-state index in [1.165, 1.54) is 12.1 Å². The molecular formula is C14H13F2N3. The Kier molecular flexibility index (Phi) is 3.13. The summed E-state index contributed by atoms with van der Waals surface area (Å²) in [4.78, 5) is 4.31. The minimum atomic E-state index is -0.575. The van der Waals surface area contributed by atoms with Gasteiger partial charge in [-0.25, -0.2) is 13.8 Å². The summed E-state index contributed by atoms with van der Waals surface area (Å²) >= 11 is 0. The van der Waals surface area contributed by atoms with Gasteiger partial charge >= 0.3 is 0 Å². The zero-order valence-corrected chi connectivity index (χ0v) is 10.2. The van der Waals surface area contributed by atoms with Gasteiger partial charge in [-0.3, -0.25) is 0 Å². The van der Waals surface area contributed by atoms with Crippen molar-refractivity contribution in [2.45, 2.75) is 13.1 Å². The molecule has 0 radical (unpaired) electrons.